The Balaban J connectivity index is 3.25. The van der Waals surface area contributed by atoms with Crippen molar-refractivity contribution >= 4 is 5.97 Å². The van der Waals surface area contributed by atoms with Gasteiger partial charge in [-0.2, -0.15) is 0 Å². The number of alkyl halides is 2. The van der Waals surface area contributed by atoms with Crippen LogP contribution in [-0.4, -0.2) is 24.7 Å². The van der Waals surface area contributed by atoms with Crippen LogP contribution >= 0.6 is 0 Å². The maximum Gasteiger partial charge on any atom is 0.343 e. The lowest BCUT2D eigenvalue weighted by molar-refractivity contribution is 0.0521. The number of hydrogen-bond acceptors (Lipinski definition) is 4. The highest BCUT2D eigenvalue weighted by molar-refractivity contribution is 5.92. The molecule has 0 N–H and O–H groups in total. The molecule has 1 heterocycles. The van der Waals surface area contributed by atoms with E-state index in [4.69, 9.17) is 9.47 Å². The third-order valence-corrected chi connectivity index (χ3v) is 2.21. The van der Waals surface area contributed by atoms with E-state index in [2.05, 4.69) is 4.98 Å². The number of carbonyl (C=O) groups excluding carboxylic acids is 1. The minimum atomic E-state index is -2.71. The maximum absolute atomic E-state index is 12.6. The lowest BCUT2D eigenvalue weighted by Crippen LogP contribution is -2.10. The van der Waals surface area contributed by atoms with Gasteiger partial charge in [0.2, 0.25) is 0 Å². The van der Waals surface area contributed by atoms with Crippen molar-refractivity contribution in [3.8, 4) is 5.75 Å². The van der Waals surface area contributed by atoms with Crippen LogP contribution in [0.15, 0.2) is 6.20 Å². The molecular weight excluding hydrogens is 232 g/mol. The first-order valence-corrected chi connectivity index (χ1v) is 5.01. The number of nitrogens with zero attached hydrogens (tertiary/aromatic N) is 1. The summed E-state index contributed by atoms with van der Waals surface area (Å²) in [5, 5.41) is 0. The summed E-state index contributed by atoms with van der Waals surface area (Å²) in [5.41, 5.74) is -0.195. The zero-order valence-corrected chi connectivity index (χ0v) is 9.79. The molecule has 1 aromatic rings. The summed E-state index contributed by atoms with van der Waals surface area (Å²) in [6, 6.07) is 0. The number of esters is 1. The van der Waals surface area contributed by atoms with E-state index in [0.29, 0.717) is 0 Å². The molecule has 6 heteroatoms. The van der Waals surface area contributed by atoms with Gasteiger partial charge >= 0.3 is 5.97 Å². The first-order chi connectivity index (χ1) is 8.02. The summed E-state index contributed by atoms with van der Waals surface area (Å²) in [5.74, 6) is -0.561. The molecule has 0 aliphatic carbocycles. The third kappa shape index (κ3) is 2.69. The van der Waals surface area contributed by atoms with Gasteiger partial charge < -0.3 is 9.47 Å². The first kappa shape index (κ1) is 13.3. The third-order valence-electron chi connectivity index (χ3n) is 2.21. The van der Waals surface area contributed by atoms with Gasteiger partial charge in [-0.15, -0.1) is 0 Å². The molecule has 0 aliphatic heterocycles. The van der Waals surface area contributed by atoms with Gasteiger partial charge in [-0.1, -0.05) is 0 Å². The monoisotopic (exact) mass is 245 g/mol. The Morgan fingerprint density at radius 1 is 1.53 bits per heavy atom. The lowest BCUT2D eigenvalue weighted by Gasteiger charge is -2.12. The summed E-state index contributed by atoms with van der Waals surface area (Å²) in [6.45, 7) is 3.27. The van der Waals surface area contributed by atoms with E-state index < -0.39 is 18.1 Å². The van der Waals surface area contributed by atoms with Crippen LogP contribution in [0.5, 0.6) is 5.75 Å². The highest BCUT2D eigenvalue weighted by Crippen LogP contribution is 2.30. The average molecular weight is 245 g/mol. The molecule has 0 bridgehead atoms. The molecule has 1 aromatic heterocycles. The molecule has 0 saturated heterocycles. The Hall–Kier alpha value is -1.72. The van der Waals surface area contributed by atoms with E-state index in [-0.39, 0.29) is 23.5 Å². The van der Waals surface area contributed by atoms with Crippen molar-refractivity contribution in [3.63, 3.8) is 0 Å². The van der Waals surface area contributed by atoms with Crippen LogP contribution in [-0.2, 0) is 4.74 Å². The van der Waals surface area contributed by atoms with Crippen LogP contribution in [0.1, 0.15) is 35.0 Å². The van der Waals surface area contributed by atoms with E-state index in [9.17, 15) is 13.6 Å². The number of rotatable bonds is 4. The average Bonchev–Trinajstić information content (AvgIpc) is 2.28. The predicted octanol–water partition coefficient (Wildman–Crippen LogP) is 2.51. The van der Waals surface area contributed by atoms with Crippen LogP contribution in [0.4, 0.5) is 8.78 Å². The summed E-state index contributed by atoms with van der Waals surface area (Å²) in [7, 11) is 1.31. The zero-order chi connectivity index (χ0) is 13.0. The Morgan fingerprint density at radius 3 is 2.65 bits per heavy atom. The molecule has 0 amide bonds. The summed E-state index contributed by atoms with van der Waals surface area (Å²) < 4.78 is 34.9. The molecule has 0 radical (unpaired) electrons. The van der Waals surface area contributed by atoms with Crippen LogP contribution in [0, 0.1) is 6.92 Å². The fourth-order valence-electron chi connectivity index (χ4n) is 1.45. The van der Waals surface area contributed by atoms with Crippen molar-refractivity contribution in [3.05, 3.63) is 23.0 Å². The summed E-state index contributed by atoms with van der Waals surface area (Å²) >= 11 is 0. The fourth-order valence-corrected chi connectivity index (χ4v) is 1.45. The highest BCUT2D eigenvalue weighted by atomic mass is 19.3. The van der Waals surface area contributed by atoms with Gasteiger partial charge in [-0.25, -0.2) is 13.6 Å². The smallest absolute Gasteiger partial charge is 0.343 e. The Labute approximate surface area is 97.6 Å². The van der Waals surface area contributed by atoms with Crippen molar-refractivity contribution in [2.45, 2.75) is 20.3 Å². The Bertz CT molecular complexity index is 421. The SMILES string of the molecule is CCOC(=O)c1cnc(C(F)F)c(C)c1OC. The topological polar surface area (TPSA) is 48.4 Å². The zero-order valence-electron chi connectivity index (χ0n) is 9.79. The van der Waals surface area contributed by atoms with Crippen LogP contribution in [0.2, 0.25) is 0 Å². The lowest BCUT2D eigenvalue weighted by atomic mass is 10.1. The molecule has 0 aliphatic rings. The number of pyridine rings is 1. The molecule has 0 spiro atoms. The molecule has 0 unspecified atom stereocenters. The van der Waals surface area contributed by atoms with Crippen molar-refractivity contribution in [2.24, 2.45) is 0 Å². The predicted molar refractivity (Wildman–Crippen MR) is 56.4 cm³/mol. The number of aromatic nitrogens is 1. The Kier molecular flexibility index (Phi) is 4.37. The largest absolute Gasteiger partial charge is 0.495 e. The minimum Gasteiger partial charge on any atom is -0.495 e. The van der Waals surface area contributed by atoms with Crippen LogP contribution in [0.25, 0.3) is 0 Å². The number of halogens is 2. The van der Waals surface area contributed by atoms with Crippen molar-refractivity contribution in [1.29, 1.82) is 0 Å². The van der Waals surface area contributed by atoms with E-state index in [1.54, 1.807) is 6.92 Å². The standard InChI is InChI=1S/C11H13F2NO3/c1-4-17-11(15)7-5-14-8(10(12)13)6(2)9(7)16-3/h5,10H,4H2,1-3H3. The van der Waals surface area contributed by atoms with E-state index in [1.807, 2.05) is 0 Å². The van der Waals surface area contributed by atoms with Gasteiger partial charge in [-0.05, 0) is 13.8 Å². The van der Waals surface area contributed by atoms with Gasteiger partial charge in [0, 0.05) is 11.8 Å². The number of carbonyl (C=O) groups is 1. The summed E-state index contributed by atoms with van der Waals surface area (Å²) in [4.78, 5) is 15.1. The normalized spacial score (nSPS) is 10.5. The number of hydrogen-bond donors (Lipinski definition) is 0. The van der Waals surface area contributed by atoms with E-state index in [0.717, 1.165) is 6.20 Å². The minimum absolute atomic E-state index is 0.0521. The van der Waals surface area contributed by atoms with E-state index >= 15 is 0 Å². The molecule has 94 valence electrons. The highest BCUT2D eigenvalue weighted by Gasteiger charge is 2.22. The van der Waals surface area contributed by atoms with Gasteiger partial charge in [0.1, 0.15) is 17.0 Å². The molecule has 0 saturated carbocycles. The molecule has 17 heavy (non-hydrogen) atoms. The van der Waals surface area contributed by atoms with Gasteiger partial charge in [-0.3, -0.25) is 4.98 Å². The molecule has 0 fully saturated rings. The second-order valence-electron chi connectivity index (χ2n) is 3.24. The molecule has 0 aromatic carbocycles. The van der Waals surface area contributed by atoms with Crippen molar-refractivity contribution < 1.29 is 23.0 Å². The maximum atomic E-state index is 12.6. The molecule has 4 nitrogen and oxygen atoms in total. The first-order valence-electron chi connectivity index (χ1n) is 5.01. The quantitative estimate of drug-likeness (QED) is 0.765. The summed E-state index contributed by atoms with van der Waals surface area (Å²) in [6.07, 6.45) is -1.66. The second kappa shape index (κ2) is 5.56. The fraction of sp³-hybridized carbons (Fsp3) is 0.455. The van der Waals surface area contributed by atoms with Gasteiger partial charge in [0.05, 0.1) is 13.7 Å². The van der Waals surface area contributed by atoms with Crippen LogP contribution < -0.4 is 4.74 Å². The number of methoxy groups -OCH3 is 1. The molecular formula is C11H13F2NO3. The number of ether oxygens (including phenoxy) is 2. The Morgan fingerprint density at radius 2 is 2.18 bits per heavy atom. The van der Waals surface area contributed by atoms with Crippen LogP contribution in [0.3, 0.4) is 0 Å². The van der Waals surface area contributed by atoms with Gasteiger partial charge in [0.25, 0.3) is 6.43 Å². The van der Waals surface area contributed by atoms with E-state index in [1.165, 1.54) is 14.0 Å². The van der Waals surface area contributed by atoms with Crippen molar-refractivity contribution in [1.82, 2.24) is 4.98 Å². The van der Waals surface area contributed by atoms with Gasteiger partial charge in [0.15, 0.2) is 0 Å². The molecule has 0 atom stereocenters. The van der Waals surface area contributed by atoms with Crippen molar-refractivity contribution in [2.75, 3.05) is 13.7 Å². The molecule has 1 rings (SSSR count). The second-order valence-corrected chi connectivity index (χ2v) is 3.24.